The molecule has 0 saturated carbocycles. The highest BCUT2D eigenvalue weighted by Crippen LogP contribution is 1.86. The van der Waals surface area contributed by atoms with Gasteiger partial charge in [0.25, 0.3) is 0 Å². The van der Waals surface area contributed by atoms with Gasteiger partial charge in [-0.3, -0.25) is 4.79 Å². The van der Waals surface area contributed by atoms with Crippen molar-refractivity contribution in [2.75, 3.05) is 33.0 Å². The molecule has 0 aliphatic heterocycles. The van der Waals surface area contributed by atoms with Crippen LogP contribution in [0.2, 0.25) is 0 Å². The average molecular weight is 191 g/mol. The number of carbonyl (C=O) groups excluding carboxylic acids is 1. The number of nitrogens with two attached hydrogens (primary N) is 1. The molecule has 5 nitrogen and oxygen atoms in total. The maximum absolute atomic E-state index is 10.2. The van der Waals surface area contributed by atoms with Crippen LogP contribution in [0.1, 0.15) is 12.8 Å². The molecule has 0 aromatic heterocycles. The Morgan fingerprint density at radius 3 is 2.38 bits per heavy atom. The molecule has 3 N–H and O–H groups in total. The molecule has 0 atom stereocenters. The van der Waals surface area contributed by atoms with E-state index in [2.05, 4.69) is 0 Å². The molecule has 0 fully saturated rings. The van der Waals surface area contributed by atoms with E-state index in [-0.39, 0.29) is 13.2 Å². The number of hydrogen-bond donors (Lipinski definition) is 2. The van der Waals surface area contributed by atoms with Crippen LogP contribution >= 0.6 is 0 Å². The van der Waals surface area contributed by atoms with E-state index in [1.165, 1.54) is 0 Å². The normalized spacial score (nSPS) is 10.2. The molecular weight excluding hydrogens is 174 g/mol. The number of hydrogen-bond acceptors (Lipinski definition) is 4. The highest BCUT2D eigenvalue weighted by atomic mass is 16.5. The van der Waals surface area contributed by atoms with Gasteiger partial charge >= 0.3 is 0 Å². The molecule has 78 valence electrons. The average Bonchev–Trinajstić information content (AvgIpc) is 2.09. The lowest BCUT2D eigenvalue weighted by atomic mass is 10.4. The second kappa shape index (κ2) is 9.44. The van der Waals surface area contributed by atoms with Crippen LogP contribution in [0.15, 0.2) is 0 Å². The van der Waals surface area contributed by atoms with Gasteiger partial charge in [0.15, 0.2) is 0 Å². The van der Waals surface area contributed by atoms with Crippen molar-refractivity contribution >= 4 is 5.91 Å². The SMILES string of the molecule is NC(=O)COCCCOCCCO. The van der Waals surface area contributed by atoms with Crippen molar-refractivity contribution in [1.29, 1.82) is 0 Å². The number of carbonyl (C=O) groups is 1. The standard InChI is InChI=1S/C8H17NO4/c9-8(11)7-13-6-2-5-12-4-1-3-10/h10H,1-7H2,(H2,9,11). The van der Waals surface area contributed by atoms with Crippen molar-refractivity contribution < 1.29 is 19.4 Å². The summed E-state index contributed by atoms with van der Waals surface area (Å²) in [5.41, 5.74) is 4.85. The summed E-state index contributed by atoms with van der Waals surface area (Å²) in [6, 6.07) is 0. The maximum Gasteiger partial charge on any atom is 0.243 e. The second-order valence-electron chi connectivity index (χ2n) is 2.56. The summed E-state index contributed by atoms with van der Waals surface area (Å²) in [7, 11) is 0. The van der Waals surface area contributed by atoms with Crippen LogP contribution in [0, 0.1) is 0 Å². The molecule has 1 amide bonds. The van der Waals surface area contributed by atoms with E-state index in [0.29, 0.717) is 26.2 Å². The van der Waals surface area contributed by atoms with Crippen molar-refractivity contribution in [3.05, 3.63) is 0 Å². The monoisotopic (exact) mass is 191 g/mol. The minimum Gasteiger partial charge on any atom is -0.396 e. The molecular formula is C8H17NO4. The Morgan fingerprint density at radius 2 is 1.77 bits per heavy atom. The summed E-state index contributed by atoms with van der Waals surface area (Å²) in [5, 5.41) is 8.41. The summed E-state index contributed by atoms with van der Waals surface area (Å²) in [6.45, 7) is 1.74. The summed E-state index contributed by atoms with van der Waals surface area (Å²) >= 11 is 0. The first kappa shape index (κ1) is 12.3. The Hall–Kier alpha value is -0.650. The maximum atomic E-state index is 10.2. The van der Waals surface area contributed by atoms with Crippen molar-refractivity contribution in [3.63, 3.8) is 0 Å². The topological polar surface area (TPSA) is 81.8 Å². The summed E-state index contributed by atoms with van der Waals surface area (Å²) in [5.74, 6) is -0.457. The third-order valence-electron chi connectivity index (χ3n) is 1.27. The zero-order valence-electron chi connectivity index (χ0n) is 7.70. The molecule has 0 aromatic carbocycles. The van der Waals surface area contributed by atoms with Gasteiger partial charge < -0.3 is 20.3 Å². The van der Waals surface area contributed by atoms with Gasteiger partial charge in [0.1, 0.15) is 6.61 Å². The fraction of sp³-hybridized carbons (Fsp3) is 0.875. The van der Waals surface area contributed by atoms with Crippen LogP contribution < -0.4 is 5.73 Å². The lowest BCUT2D eigenvalue weighted by Crippen LogP contribution is -2.18. The minimum absolute atomic E-state index is 0.0311. The van der Waals surface area contributed by atoms with Crippen molar-refractivity contribution in [2.24, 2.45) is 5.73 Å². The van der Waals surface area contributed by atoms with Gasteiger partial charge in [0, 0.05) is 26.4 Å². The summed E-state index contributed by atoms with van der Waals surface area (Å²) < 4.78 is 10.0. The fourth-order valence-electron chi connectivity index (χ4n) is 0.704. The van der Waals surface area contributed by atoms with Crippen LogP contribution in [0.5, 0.6) is 0 Å². The predicted octanol–water partition coefficient (Wildman–Crippen LogP) is -0.723. The largest absolute Gasteiger partial charge is 0.396 e. The van der Waals surface area contributed by atoms with Gasteiger partial charge in [-0.15, -0.1) is 0 Å². The van der Waals surface area contributed by atoms with Gasteiger partial charge in [-0.2, -0.15) is 0 Å². The smallest absolute Gasteiger partial charge is 0.243 e. The summed E-state index contributed by atoms with van der Waals surface area (Å²) in [6.07, 6.45) is 1.39. The predicted molar refractivity (Wildman–Crippen MR) is 47.2 cm³/mol. The van der Waals surface area contributed by atoms with Crippen LogP contribution in [-0.2, 0) is 14.3 Å². The lowest BCUT2D eigenvalue weighted by molar-refractivity contribution is -0.122. The second-order valence-corrected chi connectivity index (χ2v) is 2.56. The third kappa shape index (κ3) is 11.3. The molecule has 0 radical (unpaired) electrons. The first-order valence-electron chi connectivity index (χ1n) is 4.32. The molecule has 0 saturated heterocycles. The molecule has 0 aliphatic rings. The van der Waals surface area contributed by atoms with Gasteiger partial charge in [-0.1, -0.05) is 0 Å². The van der Waals surface area contributed by atoms with Crippen molar-refractivity contribution in [3.8, 4) is 0 Å². The molecule has 0 bridgehead atoms. The van der Waals surface area contributed by atoms with E-state index in [4.69, 9.17) is 20.3 Å². The first-order valence-corrected chi connectivity index (χ1v) is 4.32. The Morgan fingerprint density at radius 1 is 1.15 bits per heavy atom. The zero-order valence-corrected chi connectivity index (χ0v) is 7.70. The summed E-state index contributed by atoms with van der Waals surface area (Å²) in [4.78, 5) is 10.2. The van der Waals surface area contributed by atoms with E-state index in [0.717, 1.165) is 6.42 Å². The highest BCUT2D eigenvalue weighted by Gasteiger charge is 1.93. The quantitative estimate of drug-likeness (QED) is 0.471. The molecule has 0 rings (SSSR count). The minimum atomic E-state index is -0.457. The molecule has 5 heteroatoms. The van der Waals surface area contributed by atoms with Gasteiger partial charge in [0.05, 0.1) is 0 Å². The number of primary amides is 1. The third-order valence-corrected chi connectivity index (χ3v) is 1.27. The van der Waals surface area contributed by atoms with E-state index in [1.54, 1.807) is 0 Å². The van der Waals surface area contributed by atoms with E-state index in [1.807, 2.05) is 0 Å². The van der Waals surface area contributed by atoms with Crippen LogP contribution in [-0.4, -0.2) is 44.0 Å². The Bertz CT molecular complexity index is 129. The first-order chi connectivity index (χ1) is 6.27. The number of ether oxygens (including phenoxy) is 2. The molecule has 0 heterocycles. The van der Waals surface area contributed by atoms with Crippen LogP contribution in [0.4, 0.5) is 0 Å². The highest BCUT2D eigenvalue weighted by molar-refractivity contribution is 5.74. The molecule has 0 spiro atoms. The zero-order chi connectivity index (χ0) is 9.94. The molecule has 0 unspecified atom stereocenters. The van der Waals surface area contributed by atoms with E-state index < -0.39 is 5.91 Å². The van der Waals surface area contributed by atoms with Crippen molar-refractivity contribution in [2.45, 2.75) is 12.8 Å². The van der Waals surface area contributed by atoms with Crippen LogP contribution in [0.3, 0.4) is 0 Å². The molecule has 0 aromatic rings. The van der Waals surface area contributed by atoms with Crippen molar-refractivity contribution in [1.82, 2.24) is 0 Å². The van der Waals surface area contributed by atoms with E-state index >= 15 is 0 Å². The van der Waals surface area contributed by atoms with Gasteiger partial charge in [-0.05, 0) is 12.8 Å². The van der Waals surface area contributed by atoms with Crippen LogP contribution in [0.25, 0.3) is 0 Å². The number of aliphatic hydroxyl groups is 1. The Balaban J connectivity index is 2.87. The van der Waals surface area contributed by atoms with Gasteiger partial charge in [-0.25, -0.2) is 0 Å². The number of rotatable bonds is 9. The van der Waals surface area contributed by atoms with E-state index in [9.17, 15) is 4.79 Å². The lowest BCUT2D eigenvalue weighted by Gasteiger charge is -2.03. The Kier molecular flexibility index (Phi) is 8.97. The fourth-order valence-corrected chi connectivity index (χ4v) is 0.704. The molecule has 0 aliphatic carbocycles. The number of aliphatic hydroxyl groups excluding tert-OH is 1. The Labute approximate surface area is 77.8 Å². The number of amides is 1. The molecule has 13 heavy (non-hydrogen) atoms. The van der Waals surface area contributed by atoms with Gasteiger partial charge in [0.2, 0.25) is 5.91 Å².